The number of hydrogen-bond acceptors (Lipinski definition) is 7. The number of methoxy groups -OCH3 is 1. The molecule has 2 heterocycles. The molecule has 1 fully saturated rings. The van der Waals surface area contributed by atoms with Crippen molar-refractivity contribution in [2.24, 2.45) is 0 Å². The number of nitrogens with zero attached hydrogens (tertiary/aromatic N) is 2. The van der Waals surface area contributed by atoms with Crippen molar-refractivity contribution >= 4 is 23.1 Å². The second kappa shape index (κ2) is 8.05. The van der Waals surface area contributed by atoms with Crippen LogP contribution in [0.25, 0.3) is 5.76 Å². The number of nitro benzene ring substituents is 1. The van der Waals surface area contributed by atoms with Gasteiger partial charge in [-0.1, -0.05) is 0 Å². The molecule has 1 aliphatic heterocycles. The predicted molar refractivity (Wildman–Crippen MR) is 97.3 cm³/mol. The lowest BCUT2D eigenvalue weighted by molar-refractivity contribution is -0.384. The lowest BCUT2D eigenvalue weighted by atomic mass is 9.99. The van der Waals surface area contributed by atoms with Crippen LogP contribution in [0.15, 0.2) is 52.7 Å². The van der Waals surface area contributed by atoms with E-state index in [2.05, 4.69) is 0 Å². The van der Waals surface area contributed by atoms with Crippen LogP contribution >= 0.6 is 0 Å². The lowest BCUT2D eigenvalue weighted by Crippen LogP contribution is -2.31. The maximum Gasteiger partial charge on any atom is 0.295 e. The Hall–Kier alpha value is -3.46. The van der Waals surface area contributed by atoms with Crippen LogP contribution < -0.4 is 0 Å². The first kappa shape index (κ1) is 19.3. The first-order valence-corrected chi connectivity index (χ1v) is 8.51. The van der Waals surface area contributed by atoms with Gasteiger partial charge in [-0.3, -0.25) is 19.7 Å². The molecule has 146 valence electrons. The summed E-state index contributed by atoms with van der Waals surface area (Å²) >= 11 is 0. The Morgan fingerprint density at radius 1 is 1.29 bits per heavy atom. The van der Waals surface area contributed by atoms with E-state index in [1.165, 1.54) is 42.5 Å². The molecule has 0 spiro atoms. The van der Waals surface area contributed by atoms with Crippen LogP contribution in [0.4, 0.5) is 5.69 Å². The SMILES string of the molecule is COCCCN1C(=O)C(=O)/C(=C(\O)c2ccc([N+](=O)[O-])cc2)C1c1ccco1. The van der Waals surface area contributed by atoms with Crippen molar-refractivity contribution in [2.45, 2.75) is 12.5 Å². The number of carbonyl (C=O) groups excluding carboxylic acids is 2. The Bertz CT molecular complexity index is 916. The van der Waals surface area contributed by atoms with Gasteiger partial charge < -0.3 is 19.2 Å². The molecule has 1 aromatic heterocycles. The average molecular weight is 386 g/mol. The minimum atomic E-state index is -0.887. The molecule has 1 aliphatic rings. The van der Waals surface area contributed by atoms with Crippen LogP contribution in [0.2, 0.25) is 0 Å². The van der Waals surface area contributed by atoms with Gasteiger partial charge in [0.1, 0.15) is 17.6 Å². The number of aliphatic hydroxyl groups is 1. The number of furan rings is 1. The minimum Gasteiger partial charge on any atom is -0.507 e. The first-order chi connectivity index (χ1) is 13.5. The van der Waals surface area contributed by atoms with Gasteiger partial charge in [-0.25, -0.2) is 0 Å². The third-order valence-electron chi connectivity index (χ3n) is 4.45. The van der Waals surface area contributed by atoms with E-state index in [1.54, 1.807) is 12.1 Å². The van der Waals surface area contributed by atoms with Crippen LogP contribution in [0.1, 0.15) is 23.8 Å². The number of amides is 1. The van der Waals surface area contributed by atoms with Crippen LogP contribution in [-0.2, 0) is 14.3 Å². The van der Waals surface area contributed by atoms with Gasteiger partial charge in [0.25, 0.3) is 17.4 Å². The predicted octanol–water partition coefficient (Wildman–Crippen LogP) is 2.65. The molecule has 3 rings (SSSR count). The highest BCUT2D eigenvalue weighted by atomic mass is 16.6. The number of benzene rings is 1. The Kier molecular flexibility index (Phi) is 5.55. The van der Waals surface area contributed by atoms with Gasteiger partial charge in [-0.2, -0.15) is 0 Å². The fraction of sp³-hybridized carbons (Fsp3) is 0.263. The van der Waals surface area contributed by atoms with Gasteiger partial charge in [-0.05, 0) is 30.7 Å². The third-order valence-corrected chi connectivity index (χ3v) is 4.45. The fourth-order valence-corrected chi connectivity index (χ4v) is 3.13. The Labute approximate surface area is 160 Å². The molecule has 1 N–H and O–H groups in total. The van der Waals surface area contributed by atoms with Crippen molar-refractivity contribution < 1.29 is 28.8 Å². The summed E-state index contributed by atoms with van der Waals surface area (Å²) in [6, 6.07) is 7.43. The maximum absolute atomic E-state index is 12.7. The molecule has 1 amide bonds. The third kappa shape index (κ3) is 3.52. The molecule has 1 atom stereocenters. The van der Waals surface area contributed by atoms with Gasteiger partial charge in [0, 0.05) is 38.0 Å². The molecule has 1 unspecified atom stereocenters. The van der Waals surface area contributed by atoms with E-state index in [-0.39, 0.29) is 23.4 Å². The van der Waals surface area contributed by atoms with Crippen LogP contribution in [0.3, 0.4) is 0 Å². The van der Waals surface area contributed by atoms with Gasteiger partial charge in [0.15, 0.2) is 0 Å². The summed E-state index contributed by atoms with van der Waals surface area (Å²) < 4.78 is 10.4. The zero-order valence-electron chi connectivity index (χ0n) is 15.0. The number of ether oxygens (including phenoxy) is 1. The summed E-state index contributed by atoms with van der Waals surface area (Å²) in [5, 5.41) is 21.6. The quantitative estimate of drug-likeness (QED) is 0.194. The topological polar surface area (TPSA) is 123 Å². The molecule has 0 radical (unpaired) electrons. The summed E-state index contributed by atoms with van der Waals surface area (Å²) in [5.74, 6) is -1.67. The van der Waals surface area contributed by atoms with E-state index in [1.807, 2.05) is 0 Å². The first-order valence-electron chi connectivity index (χ1n) is 8.51. The van der Waals surface area contributed by atoms with E-state index in [0.29, 0.717) is 18.8 Å². The Balaban J connectivity index is 2.05. The largest absolute Gasteiger partial charge is 0.507 e. The number of rotatable bonds is 7. The molecule has 9 nitrogen and oxygen atoms in total. The van der Waals surface area contributed by atoms with Crippen LogP contribution in [0.5, 0.6) is 0 Å². The van der Waals surface area contributed by atoms with E-state index < -0.39 is 28.4 Å². The minimum absolute atomic E-state index is 0.119. The Morgan fingerprint density at radius 3 is 2.57 bits per heavy atom. The number of carbonyl (C=O) groups is 2. The van der Waals surface area contributed by atoms with E-state index >= 15 is 0 Å². The van der Waals surface area contributed by atoms with Crippen molar-refractivity contribution in [3.8, 4) is 0 Å². The number of hydrogen-bond donors (Lipinski definition) is 1. The smallest absolute Gasteiger partial charge is 0.295 e. The molecule has 1 saturated heterocycles. The molecule has 9 heteroatoms. The molecule has 28 heavy (non-hydrogen) atoms. The fourth-order valence-electron chi connectivity index (χ4n) is 3.13. The van der Waals surface area contributed by atoms with E-state index in [9.17, 15) is 24.8 Å². The van der Waals surface area contributed by atoms with E-state index in [0.717, 1.165) is 0 Å². The molecule has 0 saturated carbocycles. The molecule has 1 aromatic carbocycles. The molecular formula is C19H18N2O7. The molecule has 0 bridgehead atoms. The summed E-state index contributed by atoms with van der Waals surface area (Å²) in [6.45, 7) is 0.636. The number of Topliss-reactive ketones (excluding diaryl/α,β-unsaturated/α-hetero) is 1. The van der Waals surface area contributed by atoms with Gasteiger partial charge in [-0.15, -0.1) is 0 Å². The summed E-state index contributed by atoms with van der Waals surface area (Å²) in [7, 11) is 1.53. The van der Waals surface area contributed by atoms with Crippen LogP contribution in [0, 0.1) is 10.1 Å². The van der Waals surface area contributed by atoms with E-state index in [4.69, 9.17) is 9.15 Å². The van der Waals surface area contributed by atoms with Gasteiger partial charge in [0.2, 0.25) is 0 Å². The molecule has 0 aliphatic carbocycles. The highest BCUT2D eigenvalue weighted by molar-refractivity contribution is 6.46. The highest BCUT2D eigenvalue weighted by Crippen LogP contribution is 2.39. The summed E-state index contributed by atoms with van der Waals surface area (Å²) in [5.41, 5.74) is -0.0811. The van der Waals surface area contributed by atoms with Crippen molar-refractivity contribution in [1.29, 1.82) is 0 Å². The number of non-ortho nitro benzene ring substituents is 1. The zero-order chi connectivity index (χ0) is 20.3. The number of aliphatic hydroxyl groups excluding tert-OH is 1. The Morgan fingerprint density at radius 2 is 2.00 bits per heavy atom. The van der Waals surface area contributed by atoms with Crippen molar-refractivity contribution in [3.63, 3.8) is 0 Å². The van der Waals surface area contributed by atoms with Crippen molar-refractivity contribution in [2.75, 3.05) is 20.3 Å². The monoisotopic (exact) mass is 386 g/mol. The number of nitro groups is 1. The molecule has 2 aromatic rings. The lowest BCUT2D eigenvalue weighted by Gasteiger charge is -2.23. The average Bonchev–Trinajstić information content (AvgIpc) is 3.30. The van der Waals surface area contributed by atoms with Crippen molar-refractivity contribution in [1.82, 2.24) is 4.90 Å². The van der Waals surface area contributed by atoms with Gasteiger partial charge >= 0.3 is 0 Å². The van der Waals surface area contributed by atoms with Crippen LogP contribution in [-0.4, -0.2) is 46.9 Å². The molecular weight excluding hydrogens is 368 g/mol. The summed E-state index contributed by atoms with van der Waals surface area (Å²) in [6.07, 6.45) is 1.91. The summed E-state index contributed by atoms with van der Waals surface area (Å²) in [4.78, 5) is 36.8. The maximum atomic E-state index is 12.7. The number of likely N-dealkylation sites (tertiary alicyclic amines) is 1. The van der Waals surface area contributed by atoms with Gasteiger partial charge in [0.05, 0.1) is 16.8 Å². The second-order valence-electron chi connectivity index (χ2n) is 6.16. The van der Waals surface area contributed by atoms with Crippen molar-refractivity contribution in [3.05, 3.63) is 69.7 Å². The zero-order valence-corrected chi connectivity index (χ0v) is 15.0. The highest BCUT2D eigenvalue weighted by Gasteiger charge is 2.47. The second-order valence-corrected chi connectivity index (χ2v) is 6.16. The standard InChI is InChI=1S/C19H18N2O7/c1-27-10-3-9-20-16(14-4-2-11-28-14)15(18(23)19(20)24)17(22)12-5-7-13(8-6-12)21(25)26/h2,4-8,11,16,22H,3,9-10H2,1H3/b17-15-. The normalized spacial score (nSPS) is 18.6. The number of ketones is 1.